The highest BCUT2D eigenvalue weighted by Crippen LogP contribution is 2.33. The Morgan fingerprint density at radius 1 is 1.10 bits per heavy atom. The van der Waals surface area contributed by atoms with Gasteiger partial charge < -0.3 is 5.11 Å². The molecule has 0 aliphatic rings. The Hall–Kier alpha value is -1.75. The quantitative estimate of drug-likeness (QED) is 0.792. The predicted molar refractivity (Wildman–Crippen MR) is 85.7 cm³/mol. The van der Waals surface area contributed by atoms with E-state index in [0.717, 1.165) is 21.0 Å². The highest BCUT2D eigenvalue weighted by molar-refractivity contribution is 7.15. The molecule has 0 fully saturated rings. The maximum Gasteiger partial charge on any atom is 0.123 e. The molecule has 0 aliphatic heterocycles. The van der Waals surface area contributed by atoms with Crippen LogP contribution in [0, 0.1) is 0 Å². The SMILES string of the molecule is OCC(c1ccncc1)c1cnc(-c2ccc(Cl)cc2)s1. The minimum Gasteiger partial charge on any atom is -0.395 e. The van der Waals surface area contributed by atoms with E-state index >= 15 is 0 Å². The van der Waals surface area contributed by atoms with Gasteiger partial charge in [0.2, 0.25) is 0 Å². The number of aliphatic hydroxyl groups excluding tert-OH is 1. The third-order valence-corrected chi connectivity index (χ3v) is 4.66. The van der Waals surface area contributed by atoms with Gasteiger partial charge in [-0.2, -0.15) is 0 Å². The number of pyridine rings is 1. The van der Waals surface area contributed by atoms with Gasteiger partial charge in [0, 0.05) is 40.0 Å². The number of hydrogen-bond acceptors (Lipinski definition) is 4. The van der Waals surface area contributed by atoms with Crippen LogP contribution >= 0.6 is 22.9 Å². The van der Waals surface area contributed by atoms with Gasteiger partial charge in [-0.3, -0.25) is 4.98 Å². The third kappa shape index (κ3) is 3.13. The number of aliphatic hydroxyl groups is 1. The smallest absolute Gasteiger partial charge is 0.123 e. The van der Waals surface area contributed by atoms with Crippen molar-refractivity contribution in [3.63, 3.8) is 0 Å². The van der Waals surface area contributed by atoms with E-state index in [2.05, 4.69) is 9.97 Å². The van der Waals surface area contributed by atoms with E-state index in [0.29, 0.717) is 5.02 Å². The van der Waals surface area contributed by atoms with Crippen LogP contribution in [0.5, 0.6) is 0 Å². The Bertz CT molecular complexity index is 713. The van der Waals surface area contributed by atoms with E-state index in [9.17, 15) is 5.11 Å². The van der Waals surface area contributed by atoms with Gasteiger partial charge in [0.25, 0.3) is 0 Å². The van der Waals surface area contributed by atoms with E-state index in [1.807, 2.05) is 42.6 Å². The lowest BCUT2D eigenvalue weighted by atomic mass is 10.0. The topological polar surface area (TPSA) is 46.0 Å². The van der Waals surface area contributed by atoms with Crippen LogP contribution in [0.25, 0.3) is 10.6 Å². The van der Waals surface area contributed by atoms with E-state index in [4.69, 9.17) is 11.6 Å². The molecule has 3 aromatic rings. The molecule has 1 unspecified atom stereocenters. The fourth-order valence-electron chi connectivity index (χ4n) is 2.13. The summed E-state index contributed by atoms with van der Waals surface area (Å²) in [7, 11) is 0. The van der Waals surface area contributed by atoms with Gasteiger partial charge in [0.05, 0.1) is 6.61 Å². The van der Waals surface area contributed by atoms with E-state index < -0.39 is 0 Å². The minimum atomic E-state index is -0.0634. The normalized spacial score (nSPS) is 12.3. The summed E-state index contributed by atoms with van der Waals surface area (Å²) in [6, 6.07) is 11.4. The van der Waals surface area contributed by atoms with E-state index in [1.165, 1.54) is 0 Å². The zero-order valence-corrected chi connectivity index (χ0v) is 12.7. The summed E-state index contributed by atoms with van der Waals surface area (Å²) < 4.78 is 0. The van der Waals surface area contributed by atoms with Gasteiger partial charge in [0.15, 0.2) is 0 Å². The van der Waals surface area contributed by atoms with Crippen molar-refractivity contribution < 1.29 is 5.11 Å². The lowest BCUT2D eigenvalue weighted by molar-refractivity contribution is 0.282. The number of thiazole rings is 1. The number of hydrogen-bond donors (Lipinski definition) is 1. The van der Waals surface area contributed by atoms with Crippen LogP contribution in [0.15, 0.2) is 55.0 Å². The van der Waals surface area contributed by atoms with Crippen molar-refractivity contribution in [2.24, 2.45) is 0 Å². The van der Waals surface area contributed by atoms with Crippen LogP contribution < -0.4 is 0 Å². The van der Waals surface area contributed by atoms with Gasteiger partial charge in [-0.05, 0) is 29.8 Å². The summed E-state index contributed by atoms with van der Waals surface area (Å²) in [6.45, 7) is 0.0479. The molecule has 0 amide bonds. The van der Waals surface area contributed by atoms with E-state index in [-0.39, 0.29) is 12.5 Å². The van der Waals surface area contributed by atoms with Crippen molar-refractivity contribution in [3.8, 4) is 10.6 Å². The molecule has 0 saturated heterocycles. The van der Waals surface area contributed by atoms with Crippen molar-refractivity contribution in [1.82, 2.24) is 9.97 Å². The van der Waals surface area contributed by atoms with Crippen LogP contribution in [0.2, 0.25) is 5.02 Å². The molecule has 106 valence electrons. The first-order chi connectivity index (χ1) is 10.3. The third-order valence-electron chi connectivity index (χ3n) is 3.25. The summed E-state index contributed by atoms with van der Waals surface area (Å²) in [6.07, 6.45) is 5.30. The fourth-order valence-corrected chi connectivity index (χ4v) is 3.30. The summed E-state index contributed by atoms with van der Waals surface area (Å²) in [5.74, 6) is -0.0634. The van der Waals surface area contributed by atoms with Crippen molar-refractivity contribution in [2.45, 2.75) is 5.92 Å². The van der Waals surface area contributed by atoms with Crippen LogP contribution in [-0.4, -0.2) is 21.7 Å². The highest BCUT2D eigenvalue weighted by Gasteiger charge is 2.16. The number of nitrogens with zero attached hydrogens (tertiary/aromatic N) is 2. The molecule has 0 aliphatic carbocycles. The summed E-state index contributed by atoms with van der Waals surface area (Å²) in [5.41, 5.74) is 2.07. The first-order valence-electron chi connectivity index (χ1n) is 6.50. The standard InChI is InChI=1S/C16H13ClN2OS/c17-13-3-1-12(2-4-13)16-19-9-15(21-16)14(10-20)11-5-7-18-8-6-11/h1-9,14,20H,10H2. The molecule has 0 spiro atoms. The second kappa shape index (κ2) is 6.35. The number of aromatic nitrogens is 2. The average Bonchev–Trinajstić information content (AvgIpc) is 2.99. The Kier molecular flexibility index (Phi) is 4.29. The summed E-state index contributed by atoms with van der Waals surface area (Å²) in [5, 5.41) is 11.3. The molecule has 1 atom stereocenters. The molecular weight excluding hydrogens is 304 g/mol. The maximum atomic E-state index is 9.69. The molecule has 5 heteroatoms. The van der Waals surface area contributed by atoms with Gasteiger partial charge in [-0.25, -0.2) is 4.98 Å². The second-order valence-electron chi connectivity index (χ2n) is 4.59. The molecule has 1 aromatic carbocycles. The van der Waals surface area contributed by atoms with Crippen LogP contribution in [0.4, 0.5) is 0 Å². The minimum absolute atomic E-state index is 0.0479. The van der Waals surface area contributed by atoms with Crippen molar-refractivity contribution in [2.75, 3.05) is 6.61 Å². The lowest BCUT2D eigenvalue weighted by Gasteiger charge is -2.11. The average molecular weight is 317 g/mol. The Morgan fingerprint density at radius 2 is 1.81 bits per heavy atom. The van der Waals surface area contributed by atoms with Crippen LogP contribution in [-0.2, 0) is 0 Å². The largest absolute Gasteiger partial charge is 0.395 e. The Balaban J connectivity index is 1.92. The van der Waals surface area contributed by atoms with Gasteiger partial charge in [-0.15, -0.1) is 11.3 Å². The molecule has 0 bridgehead atoms. The second-order valence-corrected chi connectivity index (χ2v) is 6.09. The number of halogens is 1. The van der Waals surface area contributed by atoms with Crippen LogP contribution in [0.3, 0.4) is 0 Å². The molecule has 2 aromatic heterocycles. The Morgan fingerprint density at radius 3 is 2.48 bits per heavy atom. The van der Waals surface area contributed by atoms with Crippen molar-refractivity contribution in [1.29, 1.82) is 0 Å². The molecule has 2 heterocycles. The Labute approximate surface area is 131 Å². The van der Waals surface area contributed by atoms with Crippen molar-refractivity contribution >= 4 is 22.9 Å². The molecule has 3 rings (SSSR count). The predicted octanol–water partition coefficient (Wildman–Crippen LogP) is 3.98. The number of benzene rings is 1. The number of rotatable bonds is 4. The monoisotopic (exact) mass is 316 g/mol. The first kappa shape index (κ1) is 14.2. The molecule has 3 nitrogen and oxygen atoms in total. The summed E-state index contributed by atoms with van der Waals surface area (Å²) in [4.78, 5) is 9.51. The zero-order valence-electron chi connectivity index (χ0n) is 11.1. The first-order valence-corrected chi connectivity index (χ1v) is 7.70. The maximum absolute atomic E-state index is 9.69. The molecular formula is C16H13ClN2OS. The summed E-state index contributed by atoms with van der Waals surface area (Å²) >= 11 is 7.49. The lowest BCUT2D eigenvalue weighted by Crippen LogP contribution is -2.03. The highest BCUT2D eigenvalue weighted by atomic mass is 35.5. The molecule has 0 saturated carbocycles. The molecule has 21 heavy (non-hydrogen) atoms. The van der Waals surface area contributed by atoms with Crippen LogP contribution in [0.1, 0.15) is 16.4 Å². The molecule has 0 radical (unpaired) electrons. The molecule has 1 N–H and O–H groups in total. The fraction of sp³-hybridized carbons (Fsp3) is 0.125. The zero-order chi connectivity index (χ0) is 14.7. The van der Waals surface area contributed by atoms with Gasteiger partial charge >= 0.3 is 0 Å². The van der Waals surface area contributed by atoms with Gasteiger partial charge in [0.1, 0.15) is 5.01 Å². The van der Waals surface area contributed by atoms with Crippen molar-refractivity contribution in [3.05, 3.63) is 70.5 Å². The van der Waals surface area contributed by atoms with E-state index in [1.54, 1.807) is 23.7 Å². The van der Waals surface area contributed by atoms with Gasteiger partial charge in [-0.1, -0.05) is 23.7 Å².